The summed E-state index contributed by atoms with van der Waals surface area (Å²) in [6.45, 7) is 0. The Morgan fingerprint density at radius 3 is 1.08 bits per heavy atom. The maximum Gasteiger partial charge on any atom is 0.152 e. The smallest absolute Gasteiger partial charge is 0.152 e. The van der Waals surface area contributed by atoms with E-state index in [0.717, 1.165) is 50.0 Å². The predicted molar refractivity (Wildman–Crippen MR) is 124 cm³/mol. The van der Waals surface area contributed by atoms with Crippen molar-refractivity contribution >= 4 is 94.9 Å². The van der Waals surface area contributed by atoms with E-state index < -0.39 is 22.2 Å². The topological polar surface area (TPSA) is 74.6 Å². The summed E-state index contributed by atoms with van der Waals surface area (Å²) in [6.07, 6.45) is 8.59. The molecule has 0 fully saturated rings. The fourth-order valence-corrected chi connectivity index (χ4v) is 7.17. The molecule has 0 bridgehead atoms. The molecule has 0 aromatic heterocycles. The fourth-order valence-electron chi connectivity index (χ4n) is 1.68. The van der Waals surface area contributed by atoms with Crippen molar-refractivity contribution in [2.45, 2.75) is 51.4 Å². The van der Waals surface area contributed by atoms with Gasteiger partial charge in [0, 0.05) is 64.1 Å². The summed E-state index contributed by atoms with van der Waals surface area (Å²) in [5.41, 5.74) is 0. The molecule has 4 nitrogen and oxygen atoms in total. The molecule has 0 aliphatic carbocycles. The standard InChI is InChI=1S/C14H30O4S6.Na/c15-23(16)13-7-1-3-9-19-21-11-5-6-12-22-20-10-4-2-8-14-24(17)18;/h1-14H2,(H,15,16)(H,17,18);. The van der Waals surface area contributed by atoms with E-state index >= 15 is 0 Å². The molecule has 2 unspecified atom stereocenters. The Labute approximate surface area is 196 Å². The molecule has 0 amide bonds. The van der Waals surface area contributed by atoms with Crippen LogP contribution in [-0.4, -0.2) is 81.6 Å². The first-order chi connectivity index (χ1) is 11.6. The number of unbranched alkanes of at least 4 members (excludes halogenated alkanes) is 5. The molecule has 2 atom stereocenters. The van der Waals surface area contributed by atoms with E-state index in [9.17, 15) is 8.42 Å². The molecule has 0 rings (SSSR count). The molecule has 11 heteroatoms. The van der Waals surface area contributed by atoms with Crippen LogP contribution in [0.4, 0.5) is 0 Å². The van der Waals surface area contributed by atoms with Crippen molar-refractivity contribution in [1.29, 1.82) is 0 Å². The van der Waals surface area contributed by atoms with Gasteiger partial charge in [0.1, 0.15) is 0 Å². The van der Waals surface area contributed by atoms with Crippen molar-refractivity contribution < 1.29 is 17.5 Å². The van der Waals surface area contributed by atoms with E-state index in [0.29, 0.717) is 11.5 Å². The summed E-state index contributed by atoms with van der Waals surface area (Å²) in [6, 6.07) is 0. The van der Waals surface area contributed by atoms with Gasteiger partial charge in [0.05, 0.1) is 0 Å². The van der Waals surface area contributed by atoms with E-state index in [1.54, 1.807) is 0 Å². The summed E-state index contributed by atoms with van der Waals surface area (Å²) in [4.78, 5) is 0. The van der Waals surface area contributed by atoms with E-state index in [-0.39, 0.29) is 29.6 Å². The molecule has 1 radical (unpaired) electrons. The van der Waals surface area contributed by atoms with Gasteiger partial charge in [-0.05, 0) is 38.5 Å². The van der Waals surface area contributed by atoms with Crippen LogP contribution in [0.3, 0.4) is 0 Å². The summed E-state index contributed by atoms with van der Waals surface area (Å²) in [5.74, 6) is 5.51. The van der Waals surface area contributed by atoms with Gasteiger partial charge < -0.3 is 9.11 Å². The third-order valence-corrected chi connectivity index (χ3v) is 9.40. The molecular formula is C14H30NaO4S6. The zero-order chi connectivity index (χ0) is 17.9. The Morgan fingerprint density at radius 2 is 0.800 bits per heavy atom. The fraction of sp³-hybridized carbons (Fsp3) is 1.00. The van der Waals surface area contributed by atoms with Crippen molar-refractivity contribution in [1.82, 2.24) is 0 Å². The van der Waals surface area contributed by atoms with Gasteiger partial charge in [-0.15, -0.1) is 0 Å². The molecule has 25 heavy (non-hydrogen) atoms. The van der Waals surface area contributed by atoms with E-state index in [4.69, 9.17) is 9.11 Å². The van der Waals surface area contributed by atoms with Gasteiger partial charge in [-0.3, -0.25) is 0 Å². The third kappa shape index (κ3) is 28.9. The van der Waals surface area contributed by atoms with Gasteiger partial charge in [-0.25, -0.2) is 8.42 Å². The summed E-state index contributed by atoms with van der Waals surface area (Å²) in [5, 5.41) is 0. The Morgan fingerprint density at radius 1 is 0.520 bits per heavy atom. The molecule has 0 spiro atoms. The Kier molecular flexibility index (Phi) is 29.4. The minimum absolute atomic E-state index is 0. The van der Waals surface area contributed by atoms with Crippen LogP contribution in [0, 0.1) is 0 Å². The van der Waals surface area contributed by atoms with Crippen LogP contribution in [0.2, 0.25) is 0 Å². The molecule has 0 heterocycles. The van der Waals surface area contributed by atoms with Crippen LogP contribution in [0.15, 0.2) is 0 Å². The zero-order valence-electron chi connectivity index (χ0n) is 15.1. The minimum atomic E-state index is -1.62. The Balaban J connectivity index is 0. The zero-order valence-corrected chi connectivity index (χ0v) is 22.0. The van der Waals surface area contributed by atoms with E-state index in [1.165, 1.54) is 24.3 Å². The molecule has 0 aliphatic heterocycles. The second kappa shape index (κ2) is 24.7. The van der Waals surface area contributed by atoms with Crippen molar-refractivity contribution in [3.05, 3.63) is 0 Å². The van der Waals surface area contributed by atoms with Gasteiger partial charge in [-0.2, -0.15) is 0 Å². The van der Waals surface area contributed by atoms with Crippen LogP contribution in [-0.2, 0) is 22.2 Å². The first kappa shape index (κ1) is 29.8. The Hall–Kier alpha value is 2.62. The molecule has 0 aliphatic rings. The third-order valence-electron chi connectivity index (χ3n) is 2.97. The van der Waals surface area contributed by atoms with Crippen LogP contribution < -0.4 is 0 Å². The number of hydrogen-bond acceptors (Lipinski definition) is 6. The Bertz CT molecular complexity index is 296. The summed E-state index contributed by atoms with van der Waals surface area (Å²) >= 11 is -3.24. The van der Waals surface area contributed by atoms with Gasteiger partial charge in [-0.1, -0.05) is 56.0 Å². The van der Waals surface area contributed by atoms with Crippen LogP contribution >= 0.6 is 43.2 Å². The van der Waals surface area contributed by atoms with Gasteiger partial charge in [0.25, 0.3) is 0 Å². The molecule has 0 aromatic carbocycles. The van der Waals surface area contributed by atoms with Gasteiger partial charge in [0.15, 0.2) is 22.2 Å². The van der Waals surface area contributed by atoms with Gasteiger partial charge >= 0.3 is 0 Å². The molecule has 0 saturated heterocycles. The van der Waals surface area contributed by atoms with E-state index in [2.05, 4.69) is 0 Å². The van der Waals surface area contributed by atoms with Crippen LogP contribution in [0.5, 0.6) is 0 Å². The van der Waals surface area contributed by atoms with Gasteiger partial charge in [0.2, 0.25) is 0 Å². The maximum atomic E-state index is 10.5. The van der Waals surface area contributed by atoms with Crippen LogP contribution in [0.1, 0.15) is 51.4 Å². The largest absolute Gasteiger partial charge is 0.306 e. The molecule has 0 aromatic rings. The van der Waals surface area contributed by atoms with Crippen molar-refractivity contribution in [2.75, 3.05) is 34.5 Å². The molecule has 147 valence electrons. The second-order valence-corrected chi connectivity index (χ2v) is 12.7. The van der Waals surface area contributed by atoms with E-state index in [1.807, 2.05) is 43.2 Å². The second-order valence-electron chi connectivity index (χ2n) is 5.17. The minimum Gasteiger partial charge on any atom is -0.306 e. The normalized spacial score (nSPS) is 13.4. The first-order valence-corrected chi connectivity index (χ1v) is 15.8. The average molecular weight is 478 g/mol. The number of rotatable bonds is 19. The van der Waals surface area contributed by atoms with Crippen molar-refractivity contribution in [2.24, 2.45) is 0 Å². The summed E-state index contributed by atoms with van der Waals surface area (Å²) < 4.78 is 38.2. The van der Waals surface area contributed by atoms with Crippen molar-refractivity contribution in [3.8, 4) is 0 Å². The monoisotopic (exact) mass is 477 g/mol. The molecule has 2 N–H and O–H groups in total. The SMILES string of the molecule is O=S(O)CCCCCSSCCCCSSCCCCCS(=O)O.[Na]. The maximum absolute atomic E-state index is 10.5. The van der Waals surface area contributed by atoms with Crippen molar-refractivity contribution in [3.63, 3.8) is 0 Å². The molecular weight excluding hydrogens is 448 g/mol. The predicted octanol–water partition coefficient (Wildman–Crippen LogP) is 4.93. The number of hydrogen-bond donors (Lipinski definition) is 2. The quantitative estimate of drug-likeness (QED) is 0.117. The molecule has 0 saturated carbocycles. The first-order valence-electron chi connectivity index (χ1n) is 8.26. The average Bonchev–Trinajstić information content (AvgIpc) is 2.53. The summed E-state index contributed by atoms with van der Waals surface area (Å²) in [7, 11) is 7.73. The van der Waals surface area contributed by atoms with Crippen LogP contribution in [0.25, 0.3) is 0 Å².